The number of rotatable bonds is 10. The number of para-hydroxylation sites is 1. The van der Waals surface area contributed by atoms with Crippen LogP contribution in [0.15, 0.2) is 23.2 Å². The molecule has 1 saturated heterocycles. The van der Waals surface area contributed by atoms with Gasteiger partial charge in [0, 0.05) is 38.6 Å². The number of benzene rings is 1. The zero-order chi connectivity index (χ0) is 21.1. The first-order valence-electron chi connectivity index (χ1n) is 10.4. The van der Waals surface area contributed by atoms with Crippen LogP contribution in [0.1, 0.15) is 45.4 Å². The number of nitrogens with one attached hydrogen (secondary N) is 2. The Labute approximate surface area is 171 Å². The summed E-state index contributed by atoms with van der Waals surface area (Å²) in [6, 6.07) is 4.03. The van der Waals surface area contributed by atoms with Crippen molar-refractivity contribution in [3.05, 3.63) is 29.8 Å². The number of carbonyl (C=O) groups excluding carboxylic acids is 1. The van der Waals surface area contributed by atoms with E-state index in [1.54, 1.807) is 4.90 Å². The molecule has 8 heteroatoms. The van der Waals surface area contributed by atoms with E-state index in [-0.39, 0.29) is 17.7 Å². The fraction of sp³-hybridized carbons (Fsp3) is 0.619. The maximum Gasteiger partial charge on any atom is 0.305 e. The first kappa shape index (κ1) is 22.9. The van der Waals surface area contributed by atoms with Gasteiger partial charge in [0.25, 0.3) is 0 Å². The molecule has 0 amide bonds. The van der Waals surface area contributed by atoms with Crippen LogP contribution in [-0.2, 0) is 9.53 Å². The highest BCUT2D eigenvalue weighted by molar-refractivity contribution is 5.80. The van der Waals surface area contributed by atoms with Crippen LogP contribution >= 0.6 is 0 Å². The van der Waals surface area contributed by atoms with Crippen LogP contribution in [-0.4, -0.2) is 51.3 Å². The summed E-state index contributed by atoms with van der Waals surface area (Å²) in [5, 5.41) is 6.59. The number of guanidine groups is 1. The van der Waals surface area contributed by atoms with E-state index in [4.69, 9.17) is 0 Å². The van der Waals surface area contributed by atoms with Crippen molar-refractivity contribution in [2.24, 2.45) is 4.99 Å². The van der Waals surface area contributed by atoms with Crippen molar-refractivity contribution >= 4 is 17.6 Å². The number of aliphatic imine (C=N–C) groups is 1. The van der Waals surface area contributed by atoms with Crippen molar-refractivity contribution in [3.63, 3.8) is 0 Å². The van der Waals surface area contributed by atoms with E-state index in [9.17, 15) is 13.6 Å². The zero-order valence-corrected chi connectivity index (χ0v) is 17.3. The minimum absolute atomic E-state index is 0.0469. The number of nitrogens with zero attached hydrogens (tertiary/aromatic N) is 2. The highest BCUT2D eigenvalue weighted by Crippen LogP contribution is 2.26. The molecule has 0 radical (unpaired) electrons. The largest absolute Gasteiger partial charge is 0.469 e. The number of unbranched alkanes of at least 4 members (excludes halogenated alkanes) is 3. The molecule has 1 unspecified atom stereocenters. The predicted octanol–water partition coefficient (Wildman–Crippen LogP) is 3.22. The lowest BCUT2D eigenvalue weighted by molar-refractivity contribution is -0.140. The molecule has 0 bridgehead atoms. The Morgan fingerprint density at radius 2 is 1.97 bits per heavy atom. The average Bonchev–Trinajstić information content (AvgIpc) is 3.14. The SMILES string of the molecule is CCNC(=NCCCCCCC(=O)OC)NC1CCN(c2c(F)cccc2F)C1. The van der Waals surface area contributed by atoms with Crippen molar-refractivity contribution < 1.29 is 18.3 Å². The van der Waals surface area contributed by atoms with Crippen LogP contribution in [0.25, 0.3) is 0 Å². The van der Waals surface area contributed by atoms with Crippen molar-refractivity contribution in [2.45, 2.75) is 51.5 Å². The molecule has 29 heavy (non-hydrogen) atoms. The highest BCUT2D eigenvalue weighted by Gasteiger charge is 2.27. The number of hydrogen-bond donors (Lipinski definition) is 2. The lowest BCUT2D eigenvalue weighted by atomic mass is 10.1. The van der Waals surface area contributed by atoms with E-state index in [1.807, 2.05) is 6.92 Å². The van der Waals surface area contributed by atoms with Gasteiger partial charge in [0.05, 0.1) is 7.11 Å². The molecule has 1 heterocycles. The number of methoxy groups -OCH3 is 1. The Balaban J connectivity index is 1.77. The topological polar surface area (TPSA) is 66.0 Å². The van der Waals surface area contributed by atoms with Gasteiger partial charge < -0.3 is 20.3 Å². The third-order valence-electron chi connectivity index (χ3n) is 4.91. The molecule has 1 aromatic carbocycles. The van der Waals surface area contributed by atoms with E-state index < -0.39 is 11.6 Å². The average molecular weight is 411 g/mol. The molecule has 0 spiro atoms. The quantitative estimate of drug-likeness (QED) is 0.268. The fourth-order valence-electron chi connectivity index (χ4n) is 3.41. The van der Waals surface area contributed by atoms with Gasteiger partial charge in [0.15, 0.2) is 5.96 Å². The van der Waals surface area contributed by atoms with Gasteiger partial charge in [0.2, 0.25) is 0 Å². The molecule has 1 atom stereocenters. The molecule has 0 aromatic heterocycles. The van der Waals surface area contributed by atoms with Gasteiger partial charge in [-0.3, -0.25) is 9.79 Å². The van der Waals surface area contributed by atoms with Crippen molar-refractivity contribution in [1.82, 2.24) is 10.6 Å². The van der Waals surface area contributed by atoms with Crippen LogP contribution in [0.5, 0.6) is 0 Å². The monoisotopic (exact) mass is 410 g/mol. The van der Waals surface area contributed by atoms with Gasteiger partial charge in [-0.2, -0.15) is 0 Å². The van der Waals surface area contributed by atoms with E-state index >= 15 is 0 Å². The summed E-state index contributed by atoms with van der Waals surface area (Å²) in [5.74, 6) is -0.498. The molecule has 162 valence electrons. The molecular weight excluding hydrogens is 378 g/mol. The second-order valence-electron chi connectivity index (χ2n) is 7.15. The van der Waals surface area contributed by atoms with E-state index in [2.05, 4.69) is 20.4 Å². The van der Waals surface area contributed by atoms with Crippen molar-refractivity contribution in [2.75, 3.05) is 38.2 Å². The number of anilines is 1. The molecule has 1 aliphatic heterocycles. The summed E-state index contributed by atoms with van der Waals surface area (Å²) in [6.45, 7) is 4.54. The van der Waals surface area contributed by atoms with Gasteiger partial charge >= 0.3 is 5.97 Å². The molecule has 1 aromatic rings. The van der Waals surface area contributed by atoms with Gasteiger partial charge in [0.1, 0.15) is 17.3 Å². The van der Waals surface area contributed by atoms with Crippen molar-refractivity contribution in [3.8, 4) is 0 Å². The summed E-state index contributed by atoms with van der Waals surface area (Å²) in [6.07, 6.45) is 4.99. The van der Waals surface area contributed by atoms with E-state index in [0.29, 0.717) is 26.1 Å². The molecule has 0 saturated carbocycles. The van der Waals surface area contributed by atoms with Crippen LogP contribution in [0, 0.1) is 11.6 Å². The third kappa shape index (κ3) is 7.51. The van der Waals surface area contributed by atoms with Crippen LogP contribution < -0.4 is 15.5 Å². The summed E-state index contributed by atoms with van der Waals surface area (Å²) in [7, 11) is 1.41. The maximum absolute atomic E-state index is 14.0. The van der Waals surface area contributed by atoms with Gasteiger partial charge in [-0.1, -0.05) is 18.9 Å². The lowest BCUT2D eigenvalue weighted by Crippen LogP contribution is -2.44. The number of hydrogen-bond acceptors (Lipinski definition) is 4. The molecule has 6 nitrogen and oxygen atoms in total. The first-order valence-corrected chi connectivity index (χ1v) is 10.4. The second kappa shape index (κ2) is 12.2. The third-order valence-corrected chi connectivity index (χ3v) is 4.91. The molecule has 2 rings (SSSR count). The molecular formula is C21H32F2N4O2. The van der Waals surface area contributed by atoms with Crippen molar-refractivity contribution in [1.29, 1.82) is 0 Å². The molecule has 1 aliphatic rings. The summed E-state index contributed by atoms with van der Waals surface area (Å²) < 4.78 is 32.6. The second-order valence-corrected chi connectivity index (χ2v) is 7.15. The molecule has 2 N–H and O–H groups in total. The number of carbonyl (C=O) groups is 1. The Morgan fingerprint density at radius 1 is 1.24 bits per heavy atom. The smallest absolute Gasteiger partial charge is 0.305 e. The number of esters is 1. The number of ether oxygens (including phenoxy) is 1. The molecule has 0 aliphatic carbocycles. The van der Waals surface area contributed by atoms with Gasteiger partial charge in [-0.15, -0.1) is 0 Å². The minimum Gasteiger partial charge on any atom is -0.469 e. The van der Waals surface area contributed by atoms with E-state index in [0.717, 1.165) is 44.6 Å². The maximum atomic E-state index is 14.0. The standard InChI is InChI=1S/C21H32F2N4O2/c1-3-24-21(25-13-7-5-4-6-11-19(28)29-2)26-16-12-14-27(15-16)20-17(22)9-8-10-18(20)23/h8-10,16H,3-7,11-15H2,1-2H3,(H2,24,25,26). The highest BCUT2D eigenvalue weighted by atomic mass is 19.1. The lowest BCUT2D eigenvalue weighted by Gasteiger charge is -2.21. The Morgan fingerprint density at radius 3 is 2.66 bits per heavy atom. The summed E-state index contributed by atoms with van der Waals surface area (Å²) in [5.41, 5.74) is 0.0469. The Bertz CT molecular complexity index is 664. The Hall–Kier alpha value is -2.38. The normalized spacial score (nSPS) is 16.8. The van der Waals surface area contributed by atoms with Gasteiger partial charge in [-0.05, 0) is 38.3 Å². The van der Waals surface area contributed by atoms with Crippen LogP contribution in [0.3, 0.4) is 0 Å². The predicted molar refractivity (Wildman–Crippen MR) is 111 cm³/mol. The first-order chi connectivity index (χ1) is 14.0. The molecule has 1 fully saturated rings. The summed E-state index contributed by atoms with van der Waals surface area (Å²) in [4.78, 5) is 17.4. The Kier molecular flexibility index (Phi) is 9.67. The van der Waals surface area contributed by atoms with Gasteiger partial charge in [-0.25, -0.2) is 8.78 Å². The fourth-order valence-corrected chi connectivity index (χ4v) is 3.41. The van der Waals surface area contributed by atoms with Crippen LogP contribution in [0.2, 0.25) is 0 Å². The zero-order valence-electron chi connectivity index (χ0n) is 17.3. The number of halogens is 2. The van der Waals surface area contributed by atoms with E-state index in [1.165, 1.54) is 25.3 Å². The summed E-state index contributed by atoms with van der Waals surface area (Å²) >= 11 is 0. The van der Waals surface area contributed by atoms with Crippen LogP contribution in [0.4, 0.5) is 14.5 Å². The minimum atomic E-state index is -0.529.